The van der Waals surface area contributed by atoms with Crippen LogP contribution in [0, 0.1) is 22.7 Å². The minimum atomic E-state index is -0.659. The van der Waals surface area contributed by atoms with Gasteiger partial charge in [-0.15, -0.1) is 0 Å². The van der Waals surface area contributed by atoms with E-state index in [2.05, 4.69) is 10.3 Å². The third-order valence-electron chi connectivity index (χ3n) is 5.35. The van der Waals surface area contributed by atoms with E-state index in [4.69, 9.17) is 9.68 Å². The summed E-state index contributed by atoms with van der Waals surface area (Å²) < 4.78 is 0. The molecule has 0 aromatic carbocycles. The highest BCUT2D eigenvalue weighted by Crippen LogP contribution is 2.65. The molecule has 18 heavy (non-hydrogen) atoms. The highest BCUT2D eigenvalue weighted by atomic mass is 16.7. The lowest BCUT2D eigenvalue weighted by molar-refractivity contribution is -0.157. The molecule has 4 saturated carbocycles. The molecule has 0 unspecified atom stereocenters. The van der Waals surface area contributed by atoms with Crippen LogP contribution in [0.1, 0.15) is 25.7 Å². The number of nitrogens with zero attached hydrogens (tertiary/aromatic N) is 2. The Morgan fingerprint density at radius 2 is 1.44 bits per heavy atom. The predicted octanol–water partition coefficient (Wildman–Crippen LogP) is 0.618. The molecule has 2 heterocycles. The number of hydrogen-bond donors (Lipinski definition) is 0. The fraction of sp³-hybridized carbons (Fsp3) is 0.667. The van der Waals surface area contributed by atoms with Gasteiger partial charge in [0.2, 0.25) is 0 Å². The molecule has 6 rings (SSSR count). The molecule has 0 radical (unpaired) electrons. The van der Waals surface area contributed by atoms with Gasteiger partial charge in [0.25, 0.3) is 0 Å². The van der Waals surface area contributed by atoms with Gasteiger partial charge in [0, 0.05) is 11.8 Å². The van der Waals surface area contributed by atoms with E-state index >= 15 is 0 Å². The number of rotatable bonds is 0. The molecular weight excluding hydrogens is 236 g/mol. The fourth-order valence-corrected chi connectivity index (χ4v) is 4.80. The number of carbonyl (C=O) groups excluding carboxylic acids is 2. The summed E-state index contributed by atoms with van der Waals surface area (Å²) in [6.07, 6.45) is 2.72. The molecular formula is C12H10N2O4. The Bertz CT molecular complexity index is 545. The maximum absolute atomic E-state index is 12.1. The highest BCUT2D eigenvalue weighted by Gasteiger charge is 2.74. The minimum Gasteiger partial charge on any atom is -0.317 e. The standard InChI is InChI=1S/C12H10N2O4/c15-9-11-2-5-1-6(8(11)14-17-9)3-12(4-11)7(5)13-18-10(12)16/h5-6H,1-4H2/t5-,6-,11-,12-/m1/s1. The van der Waals surface area contributed by atoms with Crippen LogP contribution in [0.2, 0.25) is 0 Å². The molecule has 6 aliphatic rings. The number of hydrogen-bond acceptors (Lipinski definition) is 6. The van der Waals surface area contributed by atoms with E-state index in [1.807, 2.05) is 0 Å². The first-order chi connectivity index (χ1) is 8.66. The molecule has 92 valence electrons. The summed E-state index contributed by atoms with van der Waals surface area (Å²) >= 11 is 0. The SMILES string of the molecule is O=C1ON=C2[C@@H]3C[C@@H]4C[C@]12C[C@@]1(C3)C(=O)ON=C41. The maximum atomic E-state index is 12.1. The van der Waals surface area contributed by atoms with Gasteiger partial charge in [-0.05, 0) is 25.7 Å². The smallest absolute Gasteiger partial charge is 0.317 e. The van der Waals surface area contributed by atoms with Gasteiger partial charge >= 0.3 is 11.9 Å². The fourth-order valence-electron chi connectivity index (χ4n) is 4.80. The summed E-state index contributed by atoms with van der Waals surface area (Å²) in [4.78, 5) is 34.0. The molecule has 0 aromatic heterocycles. The molecule has 4 bridgehead atoms. The number of carbonyl (C=O) groups is 2. The van der Waals surface area contributed by atoms with Crippen molar-refractivity contribution in [2.45, 2.75) is 25.7 Å². The topological polar surface area (TPSA) is 77.3 Å². The monoisotopic (exact) mass is 246 g/mol. The second-order valence-electron chi connectivity index (χ2n) is 6.09. The Kier molecular flexibility index (Phi) is 1.22. The van der Waals surface area contributed by atoms with Gasteiger partial charge < -0.3 is 9.68 Å². The summed E-state index contributed by atoms with van der Waals surface area (Å²) in [7, 11) is 0. The Morgan fingerprint density at radius 3 is 1.94 bits per heavy atom. The van der Waals surface area contributed by atoms with E-state index in [-0.39, 0.29) is 23.8 Å². The van der Waals surface area contributed by atoms with Gasteiger partial charge in [-0.25, -0.2) is 9.59 Å². The van der Waals surface area contributed by atoms with E-state index in [0.29, 0.717) is 19.3 Å². The van der Waals surface area contributed by atoms with Crippen LogP contribution < -0.4 is 0 Å². The lowest BCUT2D eigenvalue weighted by atomic mass is 9.43. The van der Waals surface area contributed by atoms with Crippen molar-refractivity contribution >= 4 is 23.4 Å². The quantitative estimate of drug-likeness (QED) is 0.587. The average Bonchev–Trinajstić information content (AvgIpc) is 2.82. The second kappa shape index (κ2) is 2.37. The first-order valence-electron chi connectivity index (χ1n) is 6.25. The van der Waals surface area contributed by atoms with Crippen LogP contribution in [0.4, 0.5) is 0 Å². The van der Waals surface area contributed by atoms with Crippen LogP contribution in [-0.4, -0.2) is 23.4 Å². The maximum Gasteiger partial charge on any atom is 0.346 e. The third-order valence-corrected chi connectivity index (χ3v) is 5.35. The largest absolute Gasteiger partial charge is 0.346 e. The van der Waals surface area contributed by atoms with Gasteiger partial charge in [-0.3, -0.25) is 0 Å². The predicted molar refractivity (Wildman–Crippen MR) is 57.4 cm³/mol. The lowest BCUT2D eigenvalue weighted by Crippen LogP contribution is -2.64. The molecule has 4 atom stereocenters. The molecule has 0 saturated heterocycles. The Labute approximate surface area is 102 Å². The van der Waals surface area contributed by atoms with Crippen LogP contribution in [0.5, 0.6) is 0 Å². The van der Waals surface area contributed by atoms with Crippen molar-refractivity contribution in [1.82, 2.24) is 0 Å². The van der Waals surface area contributed by atoms with E-state index in [0.717, 1.165) is 17.8 Å². The first kappa shape index (κ1) is 9.24. The van der Waals surface area contributed by atoms with E-state index in [1.54, 1.807) is 0 Å². The average molecular weight is 246 g/mol. The summed E-state index contributed by atoms with van der Waals surface area (Å²) in [6, 6.07) is 0. The molecule has 4 aliphatic carbocycles. The van der Waals surface area contributed by atoms with Crippen molar-refractivity contribution in [2.24, 2.45) is 33.0 Å². The van der Waals surface area contributed by atoms with Gasteiger partial charge in [0.05, 0.1) is 11.4 Å². The zero-order chi connectivity index (χ0) is 12.1. The molecule has 4 fully saturated rings. The lowest BCUT2D eigenvalue weighted by Gasteiger charge is -2.55. The Balaban J connectivity index is 1.78. The molecule has 6 heteroatoms. The van der Waals surface area contributed by atoms with Crippen molar-refractivity contribution in [2.75, 3.05) is 0 Å². The Morgan fingerprint density at radius 1 is 0.944 bits per heavy atom. The summed E-state index contributed by atoms with van der Waals surface area (Å²) in [5.74, 6) is -0.225. The summed E-state index contributed by atoms with van der Waals surface area (Å²) in [6.45, 7) is 0. The van der Waals surface area contributed by atoms with Crippen LogP contribution in [-0.2, 0) is 19.3 Å². The Hall–Kier alpha value is -1.72. The normalized spacial score (nSPS) is 50.4. The van der Waals surface area contributed by atoms with E-state index in [9.17, 15) is 9.59 Å². The van der Waals surface area contributed by atoms with Gasteiger partial charge in [0.15, 0.2) is 0 Å². The molecule has 2 aliphatic heterocycles. The van der Waals surface area contributed by atoms with Gasteiger partial charge in [-0.2, -0.15) is 0 Å². The van der Waals surface area contributed by atoms with Crippen molar-refractivity contribution in [1.29, 1.82) is 0 Å². The second-order valence-corrected chi connectivity index (χ2v) is 6.09. The van der Waals surface area contributed by atoms with E-state index in [1.165, 1.54) is 0 Å². The van der Waals surface area contributed by atoms with Gasteiger partial charge in [-0.1, -0.05) is 10.3 Å². The van der Waals surface area contributed by atoms with Crippen LogP contribution in [0.3, 0.4) is 0 Å². The summed E-state index contributed by atoms with van der Waals surface area (Å²) in [5, 5.41) is 7.96. The van der Waals surface area contributed by atoms with Crippen LogP contribution in [0.15, 0.2) is 10.3 Å². The van der Waals surface area contributed by atoms with Crippen molar-refractivity contribution in [3.63, 3.8) is 0 Å². The highest BCUT2D eigenvalue weighted by molar-refractivity contribution is 6.21. The number of oxime groups is 2. The minimum absolute atomic E-state index is 0.175. The van der Waals surface area contributed by atoms with Crippen LogP contribution in [0.25, 0.3) is 0 Å². The molecule has 0 aromatic rings. The third kappa shape index (κ3) is 0.693. The molecule has 0 amide bonds. The van der Waals surface area contributed by atoms with Crippen LogP contribution >= 0.6 is 0 Å². The van der Waals surface area contributed by atoms with E-state index < -0.39 is 10.8 Å². The molecule has 2 spiro atoms. The molecule has 0 N–H and O–H groups in total. The first-order valence-corrected chi connectivity index (χ1v) is 6.25. The van der Waals surface area contributed by atoms with Crippen molar-refractivity contribution in [3.05, 3.63) is 0 Å². The zero-order valence-corrected chi connectivity index (χ0v) is 9.51. The van der Waals surface area contributed by atoms with Crippen molar-refractivity contribution < 1.29 is 19.3 Å². The zero-order valence-electron chi connectivity index (χ0n) is 9.51. The molecule has 6 nitrogen and oxygen atoms in total. The summed E-state index contributed by atoms with van der Waals surface area (Å²) in [5.41, 5.74) is 0.420. The van der Waals surface area contributed by atoms with Gasteiger partial charge in [0.1, 0.15) is 10.8 Å². The van der Waals surface area contributed by atoms with Crippen molar-refractivity contribution in [3.8, 4) is 0 Å².